The van der Waals surface area contributed by atoms with Crippen molar-refractivity contribution < 1.29 is 90.3 Å². The molecule has 0 unspecified atom stereocenters. The summed E-state index contributed by atoms with van der Waals surface area (Å²) in [6.45, 7) is 0. The molecule has 0 atom stereocenters. The summed E-state index contributed by atoms with van der Waals surface area (Å²) in [7, 11) is 0. The van der Waals surface area contributed by atoms with Crippen molar-refractivity contribution in [2.24, 2.45) is 0 Å². The molecule has 10 heavy (non-hydrogen) atoms. The molecular weight excluding hydrogens is 220 g/mol. The maximum atomic E-state index is 8.58. The van der Waals surface area contributed by atoms with Gasteiger partial charge in [-0.2, -0.15) is 0 Å². The summed E-state index contributed by atoms with van der Waals surface area (Å²) in [5.41, 5.74) is 0. The zero-order valence-electron chi connectivity index (χ0n) is 4.72. The number of hydrogen-bond donors (Lipinski definition) is 1. The number of hydrogen-bond acceptors (Lipinski definition) is 6. The summed E-state index contributed by atoms with van der Waals surface area (Å²) in [4.78, 5) is 8.36. The van der Waals surface area contributed by atoms with Gasteiger partial charge >= 0.3 is 80.0 Å². The molecule has 0 saturated carbocycles. The minimum atomic E-state index is -5.62. The van der Waals surface area contributed by atoms with E-state index in [2.05, 4.69) is 0 Å². The molecule has 0 rings (SSSR count). The van der Waals surface area contributed by atoms with E-state index in [0.717, 1.165) is 0 Å². The third kappa shape index (κ3) is 1010. The third-order valence-electron chi connectivity index (χ3n) is 0. The van der Waals surface area contributed by atoms with Crippen LogP contribution in [0.25, 0.3) is 0 Å². The molecule has 0 saturated heterocycles. The molecule has 8 nitrogen and oxygen atoms in total. The van der Waals surface area contributed by atoms with Crippen molar-refractivity contribution in [1.29, 1.82) is 0 Å². The first kappa shape index (κ1) is 17.0. The van der Waals surface area contributed by atoms with E-state index in [1.807, 2.05) is 0 Å². The van der Waals surface area contributed by atoms with Gasteiger partial charge < -0.3 is 5.21 Å². The predicted molar refractivity (Wildman–Crippen MR) is 10.8 cm³/mol. The molecule has 0 aromatic rings. The normalized spacial score (nSPS) is 8.10. The molecule has 0 amide bonds. The monoisotopic (exact) mass is 221 g/mol. The topological polar surface area (TPSA) is 138 Å². The fraction of sp³-hybridized carbons (Fsp3) is 0. The summed E-state index contributed by atoms with van der Waals surface area (Å²) in [6, 6.07) is 0. The molecule has 1 N–H and O–H groups in total. The Bertz CT molecular complexity index is 199. The van der Waals surface area contributed by atoms with Crippen LogP contribution >= 0.6 is 0 Å². The minimum absolute atomic E-state index is 0. The Morgan fingerprint density at radius 2 is 1.30 bits per heavy atom. The fourth-order valence-corrected chi connectivity index (χ4v) is 0. The van der Waals surface area contributed by atoms with Crippen molar-refractivity contribution in [1.82, 2.24) is 0 Å². The van der Waals surface area contributed by atoms with Crippen LogP contribution in [0.1, 0.15) is 0 Å². The zero-order chi connectivity index (χ0) is 8.08. The van der Waals surface area contributed by atoms with Gasteiger partial charge in [0.15, 0.2) is 0 Å². The van der Waals surface area contributed by atoms with E-state index in [9.17, 15) is 0 Å². The molecule has 0 fully saturated rings. The van der Waals surface area contributed by atoms with E-state index in [-0.39, 0.29) is 51.4 Å². The Balaban J connectivity index is -0.0000000910. The van der Waals surface area contributed by atoms with Crippen molar-refractivity contribution in [3.05, 3.63) is 10.1 Å². The molecule has 0 heterocycles. The average molecular weight is 221 g/mol. The van der Waals surface area contributed by atoms with E-state index in [1.165, 1.54) is 0 Å². The van der Waals surface area contributed by atoms with Crippen LogP contribution in [0.5, 0.6) is 0 Å². The summed E-state index contributed by atoms with van der Waals surface area (Å²) in [5, 5.41) is 13.6. The fourth-order valence-electron chi connectivity index (χ4n) is 0. The van der Waals surface area contributed by atoms with E-state index < -0.39 is 18.1 Å². The molecule has 10 heteroatoms. The molecule has 0 aliphatic rings. The molecule has 0 spiro atoms. The van der Waals surface area contributed by atoms with Crippen LogP contribution in [-0.4, -0.2) is 10.3 Å². The first-order valence-corrected chi connectivity index (χ1v) is 3.11. The van der Waals surface area contributed by atoms with Crippen molar-refractivity contribution in [2.75, 3.05) is 0 Å². The second-order valence-corrected chi connectivity index (χ2v) is 1.80. The molecule has 0 aliphatic heterocycles. The summed E-state index contributed by atoms with van der Waals surface area (Å²) >= 11 is -5.62. The van der Waals surface area contributed by atoms with Crippen molar-refractivity contribution in [3.63, 3.8) is 0 Å². The SMILES string of the molecule is O=[N+]([O-])O.[K+].[O]=[Mn](=[O])(=[O])[O-]. The molecule has 0 aromatic heterocycles. The Morgan fingerprint density at radius 3 is 1.30 bits per heavy atom. The van der Waals surface area contributed by atoms with Gasteiger partial charge in [0.2, 0.25) is 0 Å². The third-order valence-corrected chi connectivity index (χ3v) is 0. The van der Waals surface area contributed by atoms with Gasteiger partial charge in [-0.25, -0.2) is 0 Å². The van der Waals surface area contributed by atoms with Gasteiger partial charge in [0.25, 0.3) is 5.09 Å². The predicted octanol–water partition coefficient (Wildman–Crippen LogP) is -4.89. The van der Waals surface area contributed by atoms with Gasteiger partial charge in [0.05, 0.1) is 0 Å². The van der Waals surface area contributed by atoms with E-state index in [1.54, 1.807) is 0 Å². The van der Waals surface area contributed by atoms with Gasteiger partial charge in [-0.15, -0.1) is 10.1 Å². The van der Waals surface area contributed by atoms with Crippen molar-refractivity contribution >= 4 is 0 Å². The van der Waals surface area contributed by atoms with E-state index in [4.69, 9.17) is 31.0 Å². The number of rotatable bonds is 0. The van der Waals surface area contributed by atoms with Gasteiger partial charge in [-0.1, -0.05) is 0 Å². The Kier molecular flexibility index (Phi) is 13.3. The zero-order valence-corrected chi connectivity index (χ0v) is 9.03. The van der Waals surface area contributed by atoms with Crippen LogP contribution in [0.2, 0.25) is 0 Å². The van der Waals surface area contributed by atoms with Crippen LogP contribution in [-0.2, 0) is 24.5 Å². The standard InChI is InChI=1S/K.Mn.HNO3.4O/c;;2-1(3)4;;;;/h;;(H,2,3,4);;;;/q+1;;;;;;-1. The van der Waals surface area contributed by atoms with Crippen LogP contribution < -0.4 is 55.6 Å². The molecule has 0 bridgehead atoms. The first-order chi connectivity index (χ1) is 3.73. The Hall–Kier alpha value is 0.716. The first-order valence-electron chi connectivity index (χ1n) is 1.18. The quantitative estimate of drug-likeness (QED) is 0.245. The Morgan fingerprint density at radius 1 is 1.30 bits per heavy atom. The molecule has 0 radical (unpaired) electrons. The molecule has 56 valence electrons. The van der Waals surface area contributed by atoms with E-state index in [0.29, 0.717) is 0 Å². The van der Waals surface area contributed by atoms with Crippen molar-refractivity contribution in [2.45, 2.75) is 0 Å². The van der Waals surface area contributed by atoms with E-state index >= 15 is 0 Å². The molecule has 0 aromatic carbocycles. The second kappa shape index (κ2) is 7.82. The van der Waals surface area contributed by atoms with Crippen LogP contribution in [0.3, 0.4) is 0 Å². The van der Waals surface area contributed by atoms with Gasteiger partial charge in [0, 0.05) is 0 Å². The Labute approximate surface area is 98.9 Å². The maximum absolute atomic E-state index is 8.58. The average Bonchev–Trinajstić information content (AvgIpc) is 1.19. The van der Waals surface area contributed by atoms with Crippen LogP contribution in [0.4, 0.5) is 0 Å². The summed E-state index contributed by atoms with van der Waals surface area (Å²) in [6.07, 6.45) is 0. The second-order valence-electron chi connectivity index (χ2n) is 0.616. The van der Waals surface area contributed by atoms with Gasteiger partial charge in [-0.3, -0.25) is 0 Å². The summed E-state index contributed by atoms with van der Waals surface area (Å²) in [5.74, 6) is 0. The van der Waals surface area contributed by atoms with Gasteiger partial charge in [-0.05, 0) is 0 Å². The molecular formula is HKMnNO7. The van der Waals surface area contributed by atoms with Crippen LogP contribution in [0, 0.1) is 10.1 Å². The number of nitrogens with zero attached hydrogens (tertiary/aromatic N) is 1. The molecule has 0 aliphatic carbocycles. The van der Waals surface area contributed by atoms with Crippen LogP contribution in [0.15, 0.2) is 0 Å². The van der Waals surface area contributed by atoms with Gasteiger partial charge in [0.1, 0.15) is 0 Å². The summed E-state index contributed by atoms with van der Waals surface area (Å²) < 4.78 is 34.3. The van der Waals surface area contributed by atoms with Crippen molar-refractivity contribution in [3.8, 4) is 0 Å².